The predicted octanol–water partition coefficient (Wildman–Crippen LogP) is 2.19. The number of benzene rings is 1. The van der Waals surface area contributed by atoms with Crippen LogP contribution in [-0.4, -0.2) is 30.2 Å². The standard InChI is InChI=1S/C16H19N3O3/c1-16(2,3)22-15(21)18-13-8-9-19(14(13)20)12-6-4-11(10-17)5-7-12/h4-7,13H,8-9H2,1-3H3,(H,18,21). The van der Waals surface area contributed by atoms with Crippen LogP contribution in [0.3, 0.4) is 0 Å². The number of nitriles is 1. The number of nitrogens with zero attached hydrogens (tertiary/aromatic N) is 2. The van der Waals surface area contributed by atoms with E-state index in [-0.39, 0.29) is 5.91 Å². The van der Waals surface area contributed by atoms with Gasteiger partial charge in [0.05, 0.1) is 11.6 Å². The maximum Gasteiger partial charge on any atom is 0.408 e. The van der Waals surface area contributed by atoms with Crippen LogP contribution in [-0.2, 0) is 9.53 Å². The van der Waals surface area contributed by atoms with Crippen molar-refractivity contribution in [2.75, 3.05) is 11.4 Å². The molecule has 1 aromatic carbocycles. The normalized spacial score (nSPS) is 18.0. The molecule has 0 bridgehead atoms. The van der Waals surface area contributed by atoms with Gasteiger partial charge in [-0.1, -0.05) is 0 Å². The van der Waals surface area contributed by atoms with Gasteiger partial charge in [-0.3, -0.25) is 4.79 Å². The Labute approximate surface area is 129 Å². The molecule has 1 aliphatic heterocycles. The van der Waals surface area contributed by atoms with Gasteiger partial charge in [-0.15, -0.1) is 0 Å². The Bertz CT molecular complexity index is 611. The molecule has 1 saturated heterocycles. The largest absolute Gasteiger partial charge is 0.444 e. The number of carbonyl (C=O) groups excluding carboxylic acids is 2. The number of amides is 2. The third-order valence-electron chi connectivity index (χ3n) is 3.20. The maximum atomic E-state index is 12.4. The lowest BCUT2D eigenvalue weighted by molar-refractivity contribution is -0.118. The lowest BCUT2D eigenvalue weighted by Gasteiger charge is -2.21. The molecule has 0 radical (unpaired) electrons. The molecule has 0 aliphatic carbocycles. The van der Waals surface area contributed by atoms with Crippen molar-refractivity contribution in [2.45, 2.75) is 38.8 Å². The summed E-state index contributed by atoms with van der Waals surface area (Å²) in [4.78, 5) is 25.7. The van der Waals surface area contributed by atoms with E-state index >= 15 is 0 Å². The lowest BCUT2D eigenvalue weighted by Crippen LogP contribution is -2.43. The van der Waals surface area contributed by atoms with Crippen LogP contribution in [0.4, 0.5) is 10.5 Å². The molecular weight excluding hydrogens is 282 g/mol. The number of alkyl carbamates (subject to hydrolysis) is 1. The van der Waals surface area contributed by atoms with Crippen molar-refractivity contribution in [1.29, 1.82) is 5.26 Å². The van der Waals surface area contributed by atoms with Gasteiger partial charge >= 0.3 is 6.09 Å². The maximum absolute atomic E-state index is 12.4. The Hall–Kier alpha value is -2.55. The minimum Gasteiger partial charge on any atom is -0.444 e. The number of nitrogens with one attached hydrogen (secondary N) is 1. The molecule has 2 rings (SSSR count). The van der Waals surface area contributed by atoms with Crippen LogP contribution in [0.15, 0.2) is 24.3 Å². The zero-order valence-corrected chi connectivity index (χ0v) is 12.9. The fraction of sp³-hybridized carbons (Fsp3) is 0.438. The van der Waals surface area contributed by atoms with Crippen LogP contribution in [0.1, 0.15) is 32.8 Å². The zero-order valence-electron chi connectivity index (χ0n) is 12.9. The summed E-state index contributed by atoms with van der Waals surface area (Å²) in [6, 6.07) is 8.24. The van der Waals surface area contributed by atoms with E-state index in [0.29, 0.717) is 18.5 Å². The van der Waals surface area contributed by atoms with Gasteiger partial charge in [0.2, 0.25) is 5.91 Å². The number of carbonyl (C=O) groups is 2. The average molecular weight is 301 g/mol. The molecule has 2 amide bonds. The van der Waals surface area contributed by atoms with E-state index in [9.17, 15) is 9.59 Å². The Morgan fingerprint density at radius 3 is 2.55 bits per heavy atom. The van der Waals surface area contributed by atoms with E-state index < -0.39 is 17.7 Å². The van der Waals surface area contributed by atoms with Gasteiger partial charge in [0.25, 0.3) is 0 Å². The first-order chi connectivity index (χ1) is 10.3. The molecule has 1 unspecified atom stereocenters. The van der Waals surface area contributed by atoms with Gasteiger partial charge in [0.1, 0.15) is 11.6 Å². The van der Waals surface area contributed by atoms with Crippen LogP contribution in [0.5, 0.6) is 0 Å². The fourth-order valence-corrected chi connectivity index (χ4v) is 2.24. The van der Waals surface area contributed by atoms with Crippen molar-refractivity contribution in [3.05, 3.63) is 29.8 Å². The Morgan fingerprint density at radius 1 is 1.36 bits per heavy atom. The summed E-state index contributed by atoms with van der Waals surface area (Å²) in [6.07, 6.45) is -0.0644. The number of rotatable bonds is 2. The van der Waals surface area contributed by atoms with E-state index in [1.54, 1.807) is 49.9 Å². The van der Waals surface area contributed by atoms with Crippen LogP contribution in [0.25, 0.3) is 0 Å². The van der Waals surface area contributed by atoms with Gasteiger partial charge < -0.3 is 15.0 Å². The highest BCUT2D eigenvalue weighted by Gasteiger charge is 2.34. The first-order valence-corrected chi connectivity index (χ1v) is 7.11. The first-order valence-electron chi connectivity index (χ1n) is 7.11. The quantitative estimate of drug-likeness (QED) is 0.907. The minimum atomic E-state index is -0.599. The van der Waals surface area contributed by atoms with Crippen molar-refractivity contribution in [3.63, 3.8) is 0 Å². The third kappa shape index (κ3) is 3.76. The van der Waals surface area contributed by atoms with Gasteiger partial charge in [-0.2, -0.15) is 5.26 Å². The fourth-order valence-electron chi connectivity index (χ4n) is 2.24. The third-order valence-corrected chi connectivity index (χ3v) is 3.20. The zero-order chi connectivity index (χ0) is 16.3. The second-order valence-electron chi connectivity index (χ2n) is 6.14. The van der Waals surface area contributed by atoms with E-state index in [1.807, 2.05) is 6.07 Å². The van der Waals surface area contributed by atoms with Crippen LogP contribution < -0.4 is 10.2 Å². The minimum absolute atomic E-state index is 0.171. The van der Waals surface area contributed by atoms with E-state index in [2.05, 4.69) is 5.32 Å². The molecule has 6 nitrogen and oxygen atoms in total. The number of ether oxygens (including phenoxy) is 1. The summed E-state index contributed by atoms with van der Waals surface area (Å²) in [5.74, 6) is -0.171. The Morgan fingerprint density at radius 2 is 2.00 bits per heavy atom. The summed E-state index contributed by atoms with van der Waals surface area (Å²) < 4.78 is 5.16. The second-order valence-corrected chi connectivity index (χ2v) is 6.14. The molecular formula is C16H19N3O3. The summed E-state index contributed by atoms with van der Waals surface area (Å²) >= 11 is 0. The van der Waals surface area contributed by atoms with Crippen LogP contribution >= 0.6 is 0 Å². The molecule has 1 aliphatic rings. The monoisotopic (exact) mass is 301 g/mol. The number of anilines is 1. The number of hydrogen-bond donors (Lipinski definition) is 1. The first kappa shape index (κ1) is 15.8. The summed E-state index contributed by atoms with van der Waals surface area (Å²) in [7, 11) is 0. The van der Waals surface area contributed by atoms with Crippen molar-refractivity contribution in [2.24, 2.45) is 0 Å². The van der Waals surface area contributed by atoms with Crippen molar-refractivity contribution >= 4 is 17.7 Å². The van der Waals surface area contributed by atoms with Gasteiger partial charge in [-0.25, -0.2) is 4.79 Å². The van der Waals surface area contributed by atoms with Crippen molar-refractivity contribution in [3.8, 4) is 6.07 Å². The highest BCUT2D eigenvalue weighted by molar-refractivity contribution is 6.00. The van der Waals surface area contributed by atoms with Crippen LogP contribution in [0.2, 0.25) is 0 Å². The summed E-state index contributed by atoms with van der Waals surface area (Å²) in [5, 5.41) is 11.4. The number of hydrogen-bond acceptors (Lipinski definition) is 4. The van der Waals surface area contributed by atoms with Gasteiger partial charge in [-0.05, 0) is 51.5 Å². The smallest absolute Gasteiger partial charge is 0.408 e. The molecule has 1 atom stereocenters. The Balaban J connectivity index is 2.00. The molecule has 6 heteroatoms. The molecule has 1 aromatic rings. The molecule has 1 fully saturated rings. The predicted molar refractivity (Wildman–Crippen MR) is 81.3 cm³/mol. The molecule has 1 N–H and O–H groups in total. The van der Waals surface area contributed by atoms with E-state index in [4.69, 9.17) is 10.00 Å². The molecule has 0 spiro atoms. The topological polar surface area (TPSA) is 82.4 Å². The van der Waals surface area contributed by atoms with E-state index in [0.717, 1.165) is 5.69 Å². The summed E-state index contributed by atoms with van der Waals surface area (Å²) in [5.41, 5.74) is 0.662. The highest BCUT2D eigenvalue weighted by atomic mass is 16.6. The molecule has 116 valence electrons. The van der Waals surface area contributed by atoms with Crippen molar-refractivity contribution in [1.82, 2.24) is 5.32 Å². The van der Waals surface area contributed by atoms with Crippen molar-refractivity contribution < 1.29 is 14.3 Å². The molecule has 22 heavy (non-hydrogen) atoms. The van der Waals surface area contributed by atoms with E-state index in [1.165, 1.54) is 0 Å². The molecule has 0 aromatic heterocycles. The molecule has 1 heterocycles. The van der Waals surface area contributed by atoms with Gasteiger partial charge in [0, 0.05) is 12.2 Å². The summed E-state index contributed by atoms with van der Waals surface area (Å²) in [6.45, 7) is 5.83. The average Bonchev–Trinajstić information content (AvgIpc) is 2.78. The van der Waals surface area contributed by atoms with Gasteiger partial charge in [0.15, 0.2) is 0 Å². The molecule has 0 saturated carbocycles. The highest BCUT2D eigenvalue weighted by Crippen LogP contribution is 2.22. The Kier molecular flexibility index (Phi) is 4.36. The lowest BCUT2D eigenvalue weighted by atomic mass is 10.2. The SMILES string of the molecule is CC(C)(C)OC(=O)NC1CCN(c2ccc(C#N)cc2)C1=O. The van der Waals surface area contributed by atoms with Crippen LogP contribution in [0, 0.1) is 11.3 Å². The second kappa shape index (κ2) is 6.06.